The molecule has 0 aliphatic carbocycles. The summed E-state index contributed by atoms with van der Waals surface area (Å²) >= 11 is 11.7. The van der Waals surface area contributed by atoms with Crippen LogP contribution in [0.3, 0.4) is 0 Å². The van der Waals surface area contributed by atoms with Gasteiger partial charge in [-0.25, -0.2) is 4.79 Å². The summed E-state index contributed by atoms with van der Waals surface area (Å²) in [6.07, 6.45) is 3.17. The van der Waals surface area contributed by atoms with Gasteiger partial charge in [0, 0.05) is 15.6 Å². The van der Waals surface area contributed by atoms with Gasteiger partial charge >= 0.3 is 5.97 Å². The number of halogens is 2. The minimum absolute atomic E-state index is 0.128. The summed E-state index contributed by atoms with van der Waals surface area (Å²) in [5.74, 6) is 0.308. The third kappa shape index (κ3) is 6.21. The summed E-state index contributed by atoms with van der Waals surface area (Å²) in [5, 5.41) is 1.18. The Kier molecular flexibility index (Phi) is 7.28. The summed E-state index contributed by atoms with van der Waals surface area (Å²) in [6.45, 7) is 1.62. The van der Waals surface area contributed by atoms with Gasteiger partial charge in [-0.05, 0) is 78.7 Å². The summed E-state index contributed by atoms with van der Waals surface area (Å²) in [6, 6.07) is 18.6. The van der Waals surface area contributed by atoms with Crippen molar-refractivity contribution < 1.29 is 19.1 Å². The lowest BCUT2D eigenvalue weighted by Crippen LogP contribution is -2.18. The molecule has 0 spiro atoms. The number of rotatable bonds is 7. The van der Waals surface area contributed by atoms with Crippen LogP contribution in [0, 0.1) is 6.92 Å². The van der Waals surface area contributed by atoms with Crippen LogP contribution in [-0.2, 0) is 4.79 Å². The molecule has 0 radical (unpaired) electrons. The zero-order valence-corrected chi connectivity index (χ0v) is 17.6. The topological polar surface area (TPSA) is 52.6 Å². The Morgan fingerprint density at radius 2 is 1.57 bits per heavy atom. The monoisotopic (exact) mass is 440 g/mol. The summed E-state index contributed by atoms with van der Waals surface area (Å²) < 4.78 is 10.7. The van der Waals surface area contributed by atoms with E-state index in [0.29, 0.717) is 27.1 Å². The number of hydrogen-bond donors (Lipinski definition) is 0. The standard InChI is InChI=1S/C24H18Cl2O4/c1-16-14-20(26)9-13-23(16)29-15-24(28)30-21-10-2-17(3-11-21)4-12-22(27)18-5-7-19(25)8-6-18/h2-14H,15H2,1H3. The molecule has 3 rings (SSSR count). The van der Waals surface area contributed by atoms with Crippen LogP contribution >= 0.6 is 23.2 Å². The molecule has 0 aliphatic heterocycles. The number of carbonyl (C=O) groups excluding carboxylic acids is 2. The molecule has 0 aliphatic rings. The maximum atomic E-state index is 12.2. The molecule has 0 saturated carbocycles. The van der Waals surface area contributed by atoms with E-state index >= 15 is 0 Å². The molecule has 4 nitrogen and oxygen atoms in total. The highest BCUT2D eigenvalue weighted by Crippen LogP contribution is 2.22. The third-order valence-electron chi connectivity index (χ3n) is 4.15. The van der Waals surface area contributed by atoms with Gasteiger partial charge in [0.15, 0.2) is 12.4 Å². The van der Waals surface area contributed by atoms with Crippen molar-refractivity contribution in [1.29, 1.82) is 0 Å². The van der Waals surface area contributed by atoms with E-state index in [1.54, 1.807) is 72.8 Å². The number of benzene rings is 3. The molecule has 0 heterocycles. The Morgan fingerprint density at radius 3 is 2.23 bits per heavy atom. The van der Waals surface area contributed by atoms with Crippen molar-refractivity contribution in [2.45, 2.75) is 6.92 Å². The van der Waals surface area contributed by atoms with Crippen LogP contribution < -0.4 is 9.47 Å². The molecule has 3 aromatic rings. The van der Waals surface area contributed by atoms with Gasteiger partial charge in [0.25, 0.3) is 0 Å². The van der Waals surface area contributed by atoms with E-state index < -0.39 is 5.97 Å². The molecule has 0 N–H and O–H groups in total. The molecule has 3 aromatic carbocycles. The van der Waals surface area contributed by atoms with Gasteiger partial charge in [-0.15, -0.1) is 0 Å². The summed E-state index contributed by atoms with van der Waals surface area (Å²) in [5.41, 5.74) is 2.18. The Bertz CT molecular complexity index is 1070. The van der Waals surface area contributed by atoms with E-state index in [4.69, 9.17) is 32.7 Å². The second-order valence-corrected chi connectivity index (χ2v) is 7.32. The first-order valence-electron chi connectivity index (χ1n) is 9.08. The lowest BCUT2D eigenvalue weighted by Gasteiger charge is -2.09. The predicted octanol–water partition coefficient (Wildman–Crippen LogP) is 6.18. The van der Waals surface area contributed by atoms with E-state index in [1.165, 1.54) is 6.08 Å². The van der Waals surface area contributed by atoms with E-state index in [2.05, 4.69) is 0 Å². The molecule has 0 unspecified atom stereocenters. The SMILES string of the molecule is Cc1cc(Cl)ccc1OCC(=O)Oc1ccc(C=CC(=O)c2ccc(Cl)cc2)cc1. The molecule has 152 valence electrons. The largest absolute Gasteiger partial charge is 0.482 e. The van der Waals surface area contributed by atoms with Crippen molar-refractivity contribution >= 4 is 41.0 Å². The number of esters is 1. The van der Waals surface area contributed by atoms with Crippen molar-refractivity contribution in [3.05, 3.63) is 99.5 Å². The van der Waals surface area contributed by atoms with Crippen molar-refractivity contribution in [2.24, 2.45) is 0 Å². The maximum absolute atomic E-state index is 12.2. The van der Waals surface area contributed by atoms with Crippen LogP contribution in [0.4, 0.5) is 0 Å². The molecule has 30 heavy (non-hydrogen) atoms. The van der Waals surface area contributed by atoms with Gasteiger partial charge in [0.1, 0.15) is 11.5 Å². The van der Waals surface area contributed by atoms with Crippen LogP contribution in [0.25, 0.3) is 6.08 Å². The molecule has 0 atom stereocenters. The van der Waals surface area contributed by atoms with E-state index in [0.717, 1.165) is 11.1 Å². The van der Waals surface area contributed by atoms with Crippen molar-refractivity contribution in [1.82, 2.24) is 0 Å². The van der Waals surface area contributed by atoms with E-state index in [1.807, 2.05) is 6.92 Å². The molecule has 0 aromatic heterocycles. The molecule has 0 saturated heterocycles. The average Bonchev–Trinajstić information content (AvgIpc) is 2.73. The van der Waals surface area contributed by atoms with Crippen LogP contribution in [0.15, 0.2) is 72.8 Å². The van der Waals surface area contributed by atoms with Gasteiger partial charge < -0.3 is 9.47 Å². The fourth-order valence-corrected chi connectivity index (χ4v) is 2.95. The second-order valence-electron chi connectivity index (χ2n) is 6.45. The molecule has 0 bridgehead atoms. The van der Waals surface area contributed by atoms with Gasteiger partial charge in [-0.3, -0.25) is 4.79 Å². The highest BCUT2D eigenvalue weighted by atomic mass is 35.5. The van der Waals surface area contributed by atoms with Gasteiger partial charge in [0.2, 0.25) is 0 Å². The Hall–Kier alpha value is -3.08. The summed E-state index contributed by atoms with van der Waals surface area (Å²) in [4.78, 5) is 24.2. The number of ketones is 1. The lowest BCUT2D eigenvalue weighted by molar-refractivity contribution is -0.136. The summed E-state index contributed by atoms with van der Waals surface area (Å²) in [7, 11) is 0. The van der Waals surface area contributed by atoms with Crippen LogP contribution in [0.1, 0.15) is 21.5 Å². The molecular weight excluding hydrogens is 423 g/mol. The number of aryl methyl sites for hydroxylation is 1. The van der Waals surface area contributed by atoms with Gasteiger partial charge in [0.05, 0.1) is 0 Å². The first-order chi connectivity index (χ1) is 14.4. The maximum Gasteiger partial charge on any atom is 0.349 e. The first-order valence-corrected chi connectivity index (χ1v) is 9.84. The fraction of sp³-hybridized carbons (Fsp3) is 0.0833. The quantitative estimate of drug-likeness (QED) is 0.190. The van der Waals surface area contributed by atoms with E-state index in [-0.39, 0.29) is 12.4 Å². The first kappa shape index (κ1) is 21.6. The predicted molar refractivity (Wildman–Crippen MR) is 119 cm³/mol. The number of hydrogen-bond acceptors (Lipinski definition) is 4. The second kappa shape index (κ2) is 10.1. The normalized spacial score (nSPS) is 10.8. The highest BCUT2D eigenvalue weighted by molar-refractivity contribution is 6.31. The van der Waals surface area contributed by atoms with Crippen molar-refractivity contribution in [3.63, 3.8) is 0 Å². The number of carbonyl (C=O) groups is 2. The zero-order chi connectivity index (χ0) is 21.5. The molecular formula is C24H18Cl2O4. The van der Waals surface area contributed by atoms with Gasteiger partial charge in [-0.2, -0.15) is 0 Å². The highest BCUT2D eigenvalue weighted by Gasteiger charge is 2.08. The van der Waals surface area contributed by atoms with Gasteiger partial charge in [-0.1, -0.05) is 41.4 Å². The lowest BCUT2D eigenvalue weighted by atomic mass is 10.1. The van der Waals surface area contributed by atoms with E-state index in [9.17, 15) is 9.59 Å². The minimum atomic E-state index is -0.523. The third-order valence-corrected chi connectivity index (χ3v) is 4.64. The molecule has 6 heteroatoms. The number of ether oxygens (including phenoxy) is 2. The van der Waals surface area contributed by atoms with Crippen LogP contribution in [0.2, 0.25) is 10.0 Å². The Balaban J connectivity index is 1.52. The zero-order valence-electron chi connectivity index (χ0n) is 16.1. The van der Waals surface area contributed by atoms with Crippen molar-refractivity contribution in [3.8, 4) is 11.5 Å². The Morgan fingerprint density at radius 1 is 0.900 bits per heavy atom. The minimum Gasteiger partial charge on any atom is -0.482 e. The van der Waals surface area contributed by atoms with Crippen LogP contribution in [-0.4, -0.2) is 18.4 Å². The smallest absolute Gasteiger partial charge is 0.349 e. The van der Waals surface area contributed by atoms with Crippen molar-refractivity contribution in [2.75, 3.05) is 6.61 Å². The fourth-order valence-electron chi connectivity index (χ4n) is 2.60. The molecule has 0 fully saturated rings. The molecule has 0 amide bonds. The Labute approximate surface area is 184 Å². The number of allylic oxidation sites excluding steroid dienone is 1. The van der Waals surface area contributed by atoms with Crippen LogP contribution in [0.5, 0.6) is 11.5 Å². The average molecular weight is 441 g/mol.